The van der Waals surface area contributed by atoms with E-state index in [0.717, 1.165) is 5.56 Å². The molecule has 50 heavy (non-hydrogen) atoms. The Labute approximate surface area is 290 Å². The van der Waals surface area contributed by atoms with Crippen molar-refractivity contribution in [1.29, 1.82) is 0 Å². The van der Waals surface area contributed by atoms with Crippen LogP contribution >= 0.6 is 7.37 Å². The standard InChI is InChI=1S/C34H45O15P/c1-41-14-15-43-16-20-45-31(36)10-11-32(37)46-21-17-44-18-22-47-33(38)24-26(34(39)48-23-19-42-13-12-35)25-50(40)30-9-5-3-7-28(30)27-6-2-4-8-29(27)49-50/h2-9,26,35H,10-25H2,1H3. The van der Waals surface area contributed by atoms with E-state index in [1.807, 2.05) is 24.3 Å². The van der Waals surface area contributed by atoms with Crippen molar-refractivity contribution < 1.29 is 71.3 Å². The number of carbonyl (C=O) groups is 4. The van der Waals surface area contributed by atoms with Crippen LogP contribution in [0.1, 0.15) is 19.3 Å². The van der Waals surface area contributed by atoms with Crippen LogP contribution in [-0.2, 0) is 61.6 Å². The third kappa shape index (κ3) is 14.2. The molecule has 0 aromatic heterocycles. The summed E-state index contributed by atoms with van der Waals surface area (Å²) < 4.78 is 61.5. The van der Waals surface area contributed by atoms with Crippen LogP contribution in [0.5, 0.6) is 5.75 Å². The zero-order valence-corrected chi connectivity index (χ0v) is 29.0. The lowest BCUT2D eigenvalue weighted by Gasteiger charge is -2.30. The Balaban J connectivity index is 1.42. The second kappa shape index (κ2) is 22.8. The van der Waals surface area contributed by atoms with E-state index in [1.54, 1.807) is 31.4 Å². The summed E-state index contributed by atoms with van der Waals surface area (Å²) in [5, 5.41) is 9.31. The molecule has 3 rings (SSSR count). The monoisotopic (exact) mass is 724 g/mol. The van der Waals surface area contributed by atoms with Gasteiger partial charge >= 0.3 is 23.9 Å². The Bertz CT molecular complexity index is 1410. The van der Waals surface area contributed by atoms with Gasteiger partial charge in [0.05, 0.1) is 89.5 Å². The number of benzene rings is 2. The van der Waals surface area contributed by atoms with Gasteiger partial charge in [-0.1, -0.05) is 36.4 Å². The molecule has 276 valence electrons. The molecule has 0 amide bonds. The average molecular weight is 725 g/mol. The van der Waals surface area contributed by atoms with E-state index in [9.17, 15) is 23.7 Å². The van der Waals surface area contributed by atoms with Crippen molar-refractivity contribution in [1.82, 2.24) is 0 Å². The Morgan fingerprint density at radius 3 is 1.80 bits per heavy atom. The van der Waals surface area contributed by atoms with Crippen molar-refractivity contribution in [2.45, 2.75) is 19.3 Å². The molecular weight excluding hydrogens is 679 g/mol. The first-order valence-corrected chi connectivity index (χ1v) is 18.0. The number of hydrogen-bond donors (Lipinski definition) is 1. The molecule has 2 aromatic rings. The van der Waals surface area contributed by atoms with Crippen molar-refractivity contribution >= 4 is 36.6 Å². The molecule has 0 saturated heterocycles. The highest BCUT2D eigenvalue weighted by Gasteiger charge is 2.41. The first-order valence-electron chi connectivity index (χ1n) is 16.2. The van der Waals surface area contributed by atoms with Crippen molar-refractivity contribution in [3.05, 3.63) is 48.5 Å². The van der Waals surface area contributed by atoms with E-state index in [0.29, 0.717) is 29.8 Å². The fraction of sp³-hybridized carbons (Fsp3) is 0.529. The van der Waals surface area contributed by atoms with Crippen LogP contribution in [0.2, 0.25) is 0 Å². The molecular formula is C34H45O15P. The number of aliphatic hydroxyl groups excluding tert-OH is 1. The molecule has 16 heteroatoms. The van der Waals surface area contributed by atoms with E-state index < -0.39 is 43.6 Å². The topological polar surface area (TPSA) is 189 Å². The average Bonchev–Trinajstić information content (AvgIpc) is 3.11. The minimum atomic E-state index is -3.70. The smallest absolute Gasteiger partial charge is 0.310 e. The summed E-state index contributed by atoms with van der Waals surface area (Å²) in [4.78, 5) is 49.5. The molecule has 0 aliphatic carbocycles. The van der Waals surface area contributed by atoms with Gasteiger partial charge in [-0.25, -0.2) is 0 Å². The van der Waals surface area contributed by atoms with E-state index in [-0.39, 0.29) is 85.1 Å². The van der Waals surface area contributed by atoms with Crippen LogP contribution in [0.25, 0.3) is 11.1 Å². The predicted molar refractivity (Wildman–Crippen MR) is 177 cm³/mol. The molecule has 0 radical (unpaired) electrons. The normalized spacial score (nSPS) is 15.2. The zero-order chi connectivity index (χ0) is 36.0. The van der Waals surface area contributed by atoms with Crippen LogP contribution in [0.3, 0.4) is 0 Å². The molecule has 2 aromatic carbocycles. The Morgan fingerprint density at radius 1 is 0.660 bits per heavy atom. The van der Waals surface area contributed by atoms with Crippen LogP contribution in [0.15, 0.2) is 48.5 Å². The maximum absolute atomic E-state index is 14.4. The Morgan fingerprint density at radius 2 is 1.18 bits per heavy atom. The second-order valence-corrected chi connectivity index (χ2v) is 13.1. The molecule has 0 spiro atoms. The predicted octanol–water partition coefficient (Wildman–Crippen LogP) is 2.30. The number of fused-ring (bicyclic) bond motifs is 3. The summed E-state index contributed by atoms with van der Waals surface area (Å²) in [6, 6.07) is 14.2. The van der Waals surface area contributed by atoms with Gasteiger partial charge in [0.25, 0.3) is 7.37 Å². The minimum Gasteiger partial charge on any atom is -0.463 e. The third-order valence-corrected chi connectivity index (χ3v) is 9.58. The van der Waals surface area contributed by atoms with Gasteiger partial charge < -0.3 is 47.5 Å². The first kappa shape index (κ1) is 40.6. The SMILES string of the molecule is COCCOCCOC(=O)CCC(=O)OCCOCCOC(=O)CC(CP1(=O)Oc2ccccc2-c2ccccc21)C(=O)OCCOCCO. The zero-order valence-electron chi connectivity index (χ0n) is 28.1. The van der Waals surface area contributed by atoms with Crippen molar-refractivity contribution in [2.24, 2.45) is 5.92 Å². The van der Waals surface area contributed by atoms with Crippen LogP contribution in [-0.4, -0.2) is 122 Å². The Kier molecular flexibility index (Phi) is 18.5. The van der Waals surface area contributed by atoms with Gasteiger partial charge in [-0.3, -0.25) is 23.7 Å². The van der Waals surface area contributed by atoms with Crippen molar-refractivity contribution in [3.63, 3.8) is 0 Å². The highest BCUT2D eigenvalue weighted by Crippen LogP contribution is 2.55. The molecule has 0 saturated carbocycles. The highest BCUT2D eigenvalue weighted by molar-refractivity contribution is 7.67. The fourth-order valence-electron chi connectivity index (χ4n) is 4.71. The van der Waals surface area contributed by atoms with Gasteiger partial charge in [-0.05, 0) is 17.7 Å². The molecule has 2 atom stereocenters. The number of ether oxygens (including phenoxy) is 8. The van der Waals surface area contributed by atoms with Crippen LogP contribution < -0.4 is 9.83 Å². The quantitative estimate of drug-likeness (QED) is 0.0679. The number of esters is 4. The second-order valence-electron chi connectivity index (χ2n) is 10.7. The molecule has 2 unspecified atom stereocenters. The lowest BCUT2D eigenvalue weighted by molar-refractivity contribution is -0.156. The summed E-state index contributed by atoms with van der Waals surface area (Å²) >= 11 is 0. The molecule has 0 bridgehead atoms. The fourth-order valence-corrected chi connectivity index (χ4v) is 7.29. The van der Waals surface area contributed by atoms with E-state index >= 15 is 0 Å². The van der Waals surface area contributed by atoms with Gasteiger partial charge in [0.1, 0.15) is 32.2 Å². The summed E-state index contributed by atoms with van der Waals surface area (Å²) in [6.45, 7) is 0.646. The molecule has 1 aliphatic rings. The number of aliphatic hydroxyl groups is 1. The van der Waals surface area contributed by atoms with E-state index in [2.05, 4.69) is 0 Å². The van der Waals surface area contributed by atoms with Gasteiger partial charge in [0, 0.05) is 12.7 Å². The van der Waals surface area contributed by atoms with E-state index in [1.165, 1.54) is 0 Å². The van der Waals surface area contributed by atoms with Crippen LogP contribution in [0.4, 0.5) is 0 Å². The van der Waals surface area contributed by atoms with Gasteiger partial charge in [-0.15, -0.1) is 0 Å². The molecule has 1 N–H and O–H groups in total. The van der Waals surface area contributed by atoms with Crippen molar-refractivity contribution in [3.8, 4) is 16.9 Å². The molecule has 15 nitrogen and oxygen atoms in total. The molecule has 1 heterocycles. The van der Waals surface area contributed by atoms with E-state index in [4.69, 9.17) is 47.5 Å². The largest absolute Gasteiger partial charge is 0.463 e. The summed E-state index contributed by atoms with van der Waals surface area (Å²) in [5.74, 6) is -3.43. The first-order chi connectivity index (χ1) is 24.3. The van der Waals surface area contributed by atoms with Crippen molar-refractivity contribution in [2.75, 3.05) is 92.6 Å². The number of para-hydroxylation sites is 1. The molecule has 0 fully saturated rings. The van der Waals surface area contributed by atoms with Gasteiger partial charge in [0.2, 0.25) is 0 Å². The maximum atomic E-state index is 14.4. The number of methoxy groups -OCH3 is 1. The Hall–Kier alpha value is -3.85. The number of rotatable bonds is 25. The van der Waals surface area contributed by atoms with Gasteiger partial charge in [0.15, 0.2) is 0 Å². The van der Waals surface area contributed by atoms with Crippen LogP contribution in [0, 0.1) is 5.92 Å². The summed E-state index contributed by atoms with van der Waals surface area (Å²) in [6.07, 6.45) is -1.04. The minimum absolute atomic E-state index is 0.0151. The lowest BCUT2D eigenvalue weighted by atomic mass is 10.0. The third-order valence-electron chi connectivity index (χ3n) is 7.05. The number of carbonyl (C=O) groups excluding carboxylic acids is 4. The lowest BCUT2D eigenvalue weighted by Crippen LogP contribution is -2.30. The maximum Gasteiger partial charge on any atom is 0.310 e. The number of hydrogen-bond acceptors (Lipinski definition) is 15. The summed E-state index contributed by atoms with van der Waals surface area (Å²) in [5.41, 5.74) is 1.48. The highest BCUT2D eigenvalue weighted by atomic mass is 31.2. The summed E-state index contributed by atoms with van der Waals surface area (Å²) in [7, 11) is -2.15. The van der Waals surface area contributed by atoms with Gasteiger partial charge in [-0.2, -0.15) is 0 Å². The molecule has 1 aliphatic heterocycles.